The monoisotopic (exact) mass is 470 g/mol. The fraction of sp³-hybridized carbons (Fsp3) is 0.429. The molecule has 178 valence electrons. The number of carbonyl (C=O) groups is 2. The van der Waals surface area contributed by atoms with Crippen LogP contribution in [0, 0.1) is 17.7 Å². The summed E-state index contributed by atoms with van der Waals surface area (Å²) in [6, 6.07) is 7.87. The van der Waals surface area contributed by atoms with Crippen LogP contribution in [-0.2, 0) is 20.7 Å². The van der Waals surface area contributed by atoms with Gasteiger partial charge in [-0.05, 0) is 23.8 Å². The standard InChI is InChI=1S/C19H21FN4O2.C2HF3O2/c20-15-4-2-13(3-5-15)8-18(25)24-10-16-14(12-26-17(16)11-24)9-23-19-21-6-1-7-22-19;3-2(4,5)1(6)7/h1-7,14,16-17H,8-12H2,(H,21,22,23);(H,6,7)/t14-,16+,17+;/m0./s1. The van der Waals surface area contributed by atoms with Crippen molar-refractivity contribution in [2.75, 3.05) is 31.6 Å². The maximum Gasteiger partial charge on any atom is 0.490 e. The van der Waals surface area contributed by atoms with Gasteiger partial charge in [-0.3, -0.25) is 4.79 Å². The van der Waals surface area contributed by atoms with Crippen LogP contribution < -0.4 is 5.32 Å². The summed E-state index contributed by atoms with van der Waals surface area (Å²) in [5, 5.41) is 10.4. The maximum absolute atomic E-state index is 13.0. The topological polar surface area (TPSA) is 105 Å². The number of nitrogens with one attached hydrogen (secondary N) is 1. The Kier molecular flexibility index (Phi) is 7.79. The third-order valence-corrected chi connectivity index (χ3v) is 5.39. The number of fused-ring (bicyclic) bond motifs is 1. The van der Waals surface area contributed by atoms with Crippen LogP contribution in [0.4, 0.5) is 23.5 Å². The quantitative estimate of drug-likeness (QED) is 0.647. The van der Waals surface area contributed by atoms with Gasteiger partial charge in [-0.2, -0.15) is 13.2 Å². The van der Waals surface area contributed by atoms with Gasteiger partial charge in [0.15, 0.2) is 0 Å². The van der Waals surface area contributed by atoms with E-state index in [4.69, 9.17) is 14.6 Å². The van der Waals surface area contributed by atoms with Crippen molar-refractivity contribution in [3.05, 3.63) is 54.1 Å². The van der Waals surface area contributed by atoms with Gasteiger partial charge in [0.05, 0.1) is 19.1 Å². The largest absolute Gasteiger partial charge is 0.490 e. The Morgan fingerprint density at radius 3 is 2.39 bits per heavy atom. The van der Waals surface area contributed by atoms with E-state index >= 15 is 0 Å². The van der Waals surface area contributed by atoms with E-state index in [9.17, 15) is 22.4 Å². The zero-order valence-corrected chi connectivity index (χ0v) is 17.3. The predicted molar refractivity (Wildman–Crippen MR) is 108 cm³/mol. The van der Waals surface area contributed by atoms with Crippen LogP contribution in [0.25, 0.3) is 0 Å². The van der Waals surface area contributed by atoms with E-state index in [0.29, 0.717) is 43.9 Å². The average Bonchev–Trinajstić information content (AvgIpc) is 3.36. The first-order valence-electron chi connectivity index (χ1n) is 10.1. The molecule has 12 heteroatoms. The molecule has 0 bridgehead atoms. The molecule has 33 heavy (non-hydrogen) atoms. The first-order chi connectivity index (χ1) is 15.6. The highest BCUT2D eigenvalue weighted by Crippen LogP contribution is 2.34. The highest BCUT2D eigenvalue weighted by Gasteiger charge is 2.45. The Hall–Kier alpha value is -3.28. The number of halogens is 4. The summed E-state index contributed by atoms with van der Waals surface area (Å²) < 4.78 is 50.6. The number of aromatic nitrogens is 2. The smallest absolute Gasteiger partial charge is 0.475 e. The number of anilines is 1. The number of carboxylic acid groups (broad SMARTS) is 1. The molecule has 1 aromatic carbocycles. The molecule has 0 unspecified atom stereocenters. The zero-order chi connectivity index (χ0) is 24.0. The van der Waals surface area contributed by atoms with Gasteiger partial charge >= 0.3 is 12.1 Å². The Labute approximate surface area is 186 Å². The average molecular weight is 470 g/mol. The maximum atomic E-state index is 13.0. The van der Waals surface area contributed by atoms with Crippen LogP contribution in [0.2, 0.25) is 0 Å². The summed E-state index contributed by atoms with van der Waals surface area (Å²) in [7, 11) is 0. The van der Waals surface area contributed by atoms with Crippen molar-refractivity contribution >= 4 is 17.8 Å². The molecule has 2 saturated heterocycles. The number of likely N-dealkylation sites (tertiary alicyclic amines) is 1. The molecular weight excluding hydrogens is 448 g/mol. The molecule has 2 aromatic rings. The molecular formula is C21H22F4N4O4. The second-order valence-corrected chi connectivity index (χ2v) is 7.65. The number of benzene rings is 1. The SMILES string of the molecule is O=C(Cc1ccc(F)cc1)N1C[C@@H]2[C@@H](CNc3ncccn3)CO[C@@H]2C1.O=C(O)C(F)(F)F. The second kappa shape index (κ2) is 10.6. The van der Waals surface area contributed by atoms with Crippen LogP contribution >= 0.6 is 0 Å². The predicted octanol–water partition coefficient (Wildman–Crippen LogP) is 2.38. The molecule has 0 spiro atoms. The van der Waals surface area contributed by atoms with Crippen molar-refractivity contribution < 1.29 is 37.0 Å². The number of rotatable bonds is 5. The number of carboxylic acids is 1. The molecule has 2 aliphatic heterocycles. The lowest BCUT2D eigenvalue weighted by Gasteiger charge is -2.20. The molecule has 2 fully saturated rings. The fourth-order valence-electron chi connectivity index (χ4n) is 3.71. The number of alkyl halides is 3. The molecule has 2 N–H and O–H groups in total. The van der Waals surface area contributed by atoms with Crippen molar-refractivity contribution in [3.8, 4) is 0 Å². The lowest BCUT2D eigenvalue weighted by atomic mass is 9.93. The number of carbonyl (C=O) groups excluding carboxylic acids is 1. The van der Waals surface area contributed by atoms with E-state index in [1.807, 2.05) is 4.90 Å². The summed E-state index contributed by atoms with van der Waals surface area (Å²) in [6.45, 7) is 2.75. The number of nitrogens with zero attached hydrogens (tertiary/aromatic N) is 3. The Balaban J connectivity index is 0.000000383. The van der Waals surface area contributed by atoms with E-state index in [0.717, 1.165) is 12.1 Å². The van der Waals surface area contributed by atoms with Crippen molar-refractivity contribution in [1.29, 1.82) is 0 Å². The summed E-state index contributed by atoms with van der Waals surface area (Å²) in [5.74, 6) is -1.72. The lowest BCUT2D eigenvalue weighted by Crippen LogP contribution is -2.33. The highest BCUT2D eigenvalue weighted by atomic mass is 19.4. The number of amides is 1. The Morgan fingerprint density at radius 1 is 1.15 bits per heavy atom. The van der Waals surface area contributed by atoms with Crippen LogP contribution in [0.15, 0.2) is 42.7 Å². The van der Waals surface area contributed by atoms with Gasteiger partial charge in [0.2, 0.25) is 11.9 Å². The van der Waals surface area contributed by atoms with Gasteiger partial charge in [0.25, 0.3) is 0 Å². The van der Waals surface area contributed by atoms with Crippen molar-refractivity contribution in [2.24, 2.45) is 11.8 Å². The summed E-state index contributed by atoms with van der Waals surface area (Å²) in [6.07, 6.45) is -1.29. The van der Waals surface area contributed by atoms with E-state index in [-0.39, 0.29) is 17.8 Å². The summed E-state index contributed by atoms with van der Waals surface area (Å²) in [5.41, 5.74) is 0.828. The third kappa shape index (κ3) is 6.85. The van der Waals surface area contributed by atoms with Crippen molar-refractivity contribution in [3.63, 3.8) is 0 Å². The van der Waals surface area contributed by atoms with E-state index in [1.165, 1.54) is 12.1 Å². The van der Waals surface area contributed by atoms with Gasteiger partial charge in [-0.1, -0.05) is 12.1 Å². The molecule has 3 atom stereocenters. The molecule has 0 radical (unpaired) electrons. The van der Waals surface area contributed by atoms with Crippen LogP contribution in [-0.4, -0.2) is 70.4 Å². The van der Waals surface area contributed by atoms with Gasteiger partial charge in [-0.15, -0.1) is 0 Å². The number of aliphatic carboxylic acids is 1. The molecule has 2 aliphatic rings. The van der Waals surface area contributed by atoms with Crippen LogP contribution in [0.1, 0.15) is 5.56 Å². The van der Waals surface area contributed by atoms with Gasteiger partial charge in [-0.25, -0.2) is 19.2 Å². The molecule has 1 aromatic heterocycles. The summed E-state index contributed by atoms with van der Waals surface area (Å²) >= 11 is 0. The number of ether oxygens (including phenoxy) is 1. The molecule has 0 saturated carbocycles. The fourth-order valence-corrected chi connectivity index (χ4v) is 3.71. The van der Waals surface area contributed by atoms with Crippen molar-refractivity contribution in [1.82, 2.24) is 14.9 Å². The molecule has 4 rings (SSSR count). The molecule has 8 nitrogen and oxygen atoms in total. The van der Waals surface area contributed by atoms with Crippen LogP contribution in [0.3, 0.4) is 0 Å². The minimum atomic E-state index is -5.08. The molecule has 0 aliphatic carbocycles. The van der Waals surface area contributed by atoms with E-state index in [1.54, 1.807) is 30.6 Å². The first kappa shape index (κ1) is 24.4. The van der Waals surface area contributed by atoms with Gasteiger partial charge in [0.1, 0.15) is 5.82 Å². The Bertz CT molecular complexity index is 944. The van der Waals surface area contributed by atoms with Gasteiger partial charge < -0.3 is 20.1 Å². The minimum Gasteiger partial charge on any atom is -0.475 e. The highest BCUT2D eigenvalue weighted by molar-refractivity contribution is 5.79. The number of hydrogen-bond acceptors (Lipinski definition) is 6. The van der Waals surface area contributed by atoms with Crippen LogP contribution in [0.5, 0.6) is 0 Å². The summed E-state index contributed by atoms with van der Waals surface area (Å²) in [4.78, 5) is 31.7. The third-order valence-electron chi connectivity index (χ3n) is 5.39. The first-order valence-corrected chi connectivity index (χ1v) is 10.1. The normalized spacial score (nSPS) is 21.7. The zero-order valence-electron chi connectivity index (χ0n) is 17.3. The Morgan fingerprint density at radius 2 is 1.79 bits per heavy atom. The molecule has 1 amide bonds. The number of hydrogen-bond donors (Lipinski definition) is 2. The van der Waals surface area contributed by atoms with Gasteiger partial charge in [0, 0.05) is 43.9 Å². The minimum absolute atomic E-state index is 0.0627. The van der Waals surface area contributed by atoms with E-state index in [2.05, 4.69) is 15.3 Å². The van der Waals surface area contributed by atoms with Crippen molar-refractivity contribution in [2.45, 2.75) is 18.7 Å². The van der Waals surface area contributed by atoms with E-state index < -0.39 is 12.1 Å². The molecule has 3 heterocycles. The lowest BCUT2D eigenvalue weighted by molar-refractivity contribution is -0.192. The second-order valence-electron chi connectivity index (χ2n) is 7.65.